The number of benzene rings is 3. The molecule has 13 heteroatoms. The van der Waals surface area contributed by atoms with Crippen molar-refractivity contribution in [2.24, 2.45) is 5.14 Å². The number of β-amino-alcohol motifs (C(OH)–C–C–N with tert-alkyl or cyclic N) is 1. The van der Waals surface area contributed by atoms with E-state index < -0.39 is 27.3 Å². The Balaban J connectivity index is 1.44. The van der Waals surface area contributed by atoms with E-state index in [0.717, 1.165) is 5.56 Å². The number of likely N-dealkylation sites (tertiary alicyclic amines) is 1. The molecule has 1 atom stereocenters. The van der Waals surface area contributed by atoms with Crippen LogP contribution in [0.4, 0.5) is 4.79 Å². The van der Waals surface area contributed by atoms with Gasteiger partial charge in [-0.3, -0.25) is 0 Å². The van der Waals surface area contributed by atoms with Crippen molar-refractivity contribution < 1.29 is 27.8 Å². The third-order valence-corrected chi connectivity index (χ3v) is 8.08. The summed E-state index contributed by atoms with van der Waals surface area (Å²) in [4.78, 5) is 15.3. The molecule has 0 radical (unpaired) electrons. The average molecular weight is 607 g/mol. The van der Waals surface area contributed by atoms with Gasteiger partial charge in [-0.15, -0.1) is 10.2 Å². The van der Waals surface area contributed by atoms with E-state index in [1.807, 2.05) is 24.3 Å². The number of aromatic nitrogens is 4. The lowest BCUT2D eigenvalue weighted by molar-refractivity contribution is 0.0140. The van der Waals surface area contributed by atoms with Gasteiger partial charge in [0.05, 0.1) is 30.7 Å². The maximum absolute atomic E-state index is 12.6. The van der Waals surface area contributed by atoms with Gasteiger partial charge in [0.2, 0.25) is 15.8 Å². The molecule has 0 saturated carbocycles. The summed E-state index contributed by atoms with van der Waals surface area (Å²) in [7, 11) is -2.56. The maximum Gasteiger partial charge on any atom is 0.410 e. The SMILES string of the molecule is COc1ccc(Cn2nnc(-c3c(-c4ccc(C5(O)CCN(C(=O)OC(C)(C)C)C5)cc4)cccc3S(N)(=O)=O)n2)cc1. The van der Waals surface area contributed by atoms with Crippen LogP contribution in [-0.2, 0) is 26.9 Å². The monoisotopic (exact) mass is 606 g/mol. The summed E-state index contributed by atoms with van der Waals surface area (Å²) in [5.74, 6) is 0.814. The van der Waals surface area contributed by atoms with Gasteiger partial charge in [-0.1, -0.05) is 48.5 Å². The molecule has 0 bridgehead atoms. The van der Waals surface area contributed by atoms with Crippen LogP contribution in [0.25, 0.3) is 22.5 Å². The van der Waals surface area contributed by atoms with Crippen molar-refractivity contribution in [3.8, 4) is 28.3 Å². The molecule has 1 aliphatic heterocycles. The fraction of sp³-hybridized carbons (Fsp3) is 0.333. The number of hydrogen-bond acceptors (Lipinski definition) is 9. The zero-order valence-electron chi connectivity index (χ0n) is 24.4. The second kappa shape index (κ2) is 11.4. The van der Waals surface area contributed by atoms with Gasteiger partial charge in [-0.25, -0.2) is 18.4 Å². The number of rotatable bonds is 7. The van der Waals surface area contributed by atoms with E-state index in [1.165, 1.54) is 15.8 Å². The number of primary sulfonamides is 1. The number of aliphatic hydroxyl groups is 1. The summed E-state index contributed by atoms with van der Waals surface area (Å²) < 4.78 is 35.9. The molecule has 43 heavy (non-hydrogen) atoms. The molecule has 5 rings (SSSR count). The molecule has 1 unspecified atom stereocenters. The van der Waals surface area contributed by atoms with Crippen molar-refractivity contribution in [1.29, 1.82) is 0 Å². The molecule has 0 spiro atoms. The second-order valence-electron chi connectivity index (χ2n) is 11.5. The Morgan fingerprint density at radius 2 is 1.77 bits per heavy atom. The quantitative estimate of drug-likeness (QED) is 0.320. The average Bonchev–Trinajstić information content (AvgIpc) is 3.59. The molecule has 4 aromatic rings. The zero-order valence-corrected chi connectivity index (χ0v) is 25.2. The van der Waals surface area contributed by atoms with Crippen LogP contribution in [0, 0.1) is 0 Å². The molecule has 1 amide bonds. The van der Waals surface area contributed by atoms with E-state index in [4.69, 9.17) is 14.6 Å². The minimum atomic E-state index is -4.15. The summed E-state index contributed by atoms with van der Waals surface area (Å²) in [6, 6.07) is 19.2. The summed E-state index contributed by atoms with van der Waals surface area (Å²) in [5.41, 5.74) is 1.02. The van der Waals surface area contributed by atoms with Crippen molar-refractivity contribution in [3.05, 3.63) is 77.9 Å². The molecular formula is C30H34N6O6S. The first kappa shape index (κ1) is 30.1. The third kappa shape index (κ3) is 6.69. The van der Waals surface area contributed by atoms with Gasteiger partial charge in [0.25, 0.3) is 0 Å². The van der Waals surface area contributed by atoms with Crippen LogP contribution in [0.5, 0.6) is 5.75 Å². The summed E-state index contributed by atoms with van der Waals surface area (Å²) in [5, 5.41) is 29.8. The Kier molecular flexibility index (Phi) is 7.99. The number of methoxy groups -OCH3 is 1. The highest BCUT2D eigenvalue weighted by Crippen LogP contribution is 2.38. The van der Waals surface area contributed by atoms with Crippen molar-refractivity contribution in [3.63, 3.8) is 0 Å². The molecule has 1 aliphatic rings. The van der Waals surface area contributed by atoms with Crippen LogP contribution >= 0.6 is 0 Å². The number of carbonyl (C=O) groups is 1. The summed E-state index contributed by atoms with van der Waals surface area (Å²) in [6.45, 7) is 6.13. The number of tetrazole rings is 1. The van der Waals surface area contributed by atoms with E-state index in [1.54, 1.807) is 64.3 Å². The van der Waals surface area contributed by atoms with Gasteiger partial charge in [0.15, 0.2) is 0 Å². The van der Waals surface area contributed by atoms with Gasteiger partial charge < -0.3 is 19.5 Å². The van der Waals surface area contributed by atoms with E-state index in [2.05, 4.69) is 15.4 Å². The lowest BCUT2D eigenvalue weighted by Crippen LogP contribution is -2.38. The highest BCUT2D eigenvalue weighted by molar-refractivity contribution is 7.89. The summed E-state index contributed by atoms with van der Waals surface area (Å²) >= 11 is 0. The number of sulfonamides is 1. The van der Waals surface area contributed by atoms with Gasteiger partial charge in [0.1, 0.15) is 17.0 Å². The number of ether oxygens (including phenoxy) is 2. The minimum absolute atomic E-state index is 0.0919. The molecule has 3 aromatic carbocycles. The molecule has 2 heterocycles. The Labute approximate surface area is 250 Å². The zero-order chi connectivity index (χ0) is 31.0. The third-order valence-electron chi connectivity index (χ3n) is 7.12. The largest absolute Gasteiger partial charge is 0.497 e. The molecule has 1 fully saturated rings. The fourth-order valence-corrected chi connectivity index (χ4v) is 5.77. The number of carbonyl (C=O) groups excluding carboxylic acids is 1. The molecule has 1 saturated heterocycles. The fourth-order valence-electron chi connectivity index (χ4n) is 5.02. The minimum Gasteiger partial charge on any atom is -0.497 e. The molecule has 12 nitrogen and oxygen atoms in total. The predicted molar refractivity (Wildman–Crippen MR) is 158 cm³/mol. The van der Waals surface area contributed by atoms with E-state index in [0.29, 0.717) is 42.0 Å². The van der Waals surface area contributed by atoms with Crippen LogP contribution in [0.2, 0.25) is 0 Å². The highest BCUT2D eigenvalue weighted by Gasteiger charge is 2.41. The van der Waals surface area contributed by atoms with Crippen molar-refractivity contribution in [1.82, 2.24) is 25.1 Å². The van der Waals surface area contributed by atoms with Gasteiger partial charge in [-0.2, -0.15) is 4.80 Å². The Bertz CT molecular complexity index is 1730. The lowest BCUT2D eigenvalue weighted by atomic mass is 9.90. The Morgan fingerprint density at radius 1 is 1.07 bits per heavy atom. The van der Waals surface area contributed by atoms with Crippen LogP contribution in [0.1, 0.15) is 38.3 Å². The summed E-state index contributed by atoms with van der Waals surface area (Å²) in [6.07, 6.45) is -0.129. The number of nitrogens with zero attached hydrogens (tertiary/aromatic N) is 5. The highest BCUT2D eigenvalue weighted by atomic mass is 32.2. The Hall–Kier alpha value is -4.33. The van der Waals surface area contributed by atoms with Crippen LogP contribution in [0.15, 0.2) is 71.6 Å². The van der Waals surface area contributed by atoms with Crippen molar-refractivity contribution in [2.75, 3.05) is 20.2 Å². The maximum atomic E-state index is 12.6. The van der Waals surface area contributed by atoms with Crippen LogP contribution in [-0.4, -0.2) is 70.5 Å². The molecule has 0 aliphatic carbocycles. The Morgan fingerprint density at radius 3 is 2.40 bits per heavy atom. The molecular weight excluding hydrogens is 572 g/mol. The number of hydrogen-bond donors (Lipinski definition) is 2. The number of amides is 1. The first-order valence-electron chi connectivity index (χ1n) is 13.6. The van der Waals surface area contributed by atoms with Gasteiger partial charge in [-0.05, 0) is 72.9 Å². The number of nitrogens with two attached hydrogens (primary N) is 1. The van der Waals surface area contributed by atoms with Crippen LogP contribution < -0.4 is 9.88 Å². The molecule has 3 N–H and O–H groups in total. The van der Waals surface area contributed by atoms with E-state index in [-0.39, 0.29) is 22.8 Å². The topological polar surface area (TPSA) is 163 Å². The first-order chi connectivity index (χ1) is 20.3. The van der Waals surface area contributed by atoms with Crippen LogP contribution in [0.3, 0.4) is 0 Å². The first-order valence-corrected chi connectivity index (χ1v) is 15.2. The van der Waals surface area contributed by atoms with Gasteiger partial charge in [0, 0.05) is 6.54 Å². The molecule has 226 valence electrons. The van der Waals surface area contributed by atoms with E-state index >= 15 is 0 Å². The smallest absolute Gasteiger partial charge is 0.410 e. The van der Waals surface area contributed by atoms with Crippen molar-refractivity contribution in [2.45, 2.75) is 49.8 Å². The molecule has 1 aromatic heterocycles. The standard InChI is InChI=1S/C30H34N6O6S/c1-29(2,3)42-28(37)35-17-16-30(38,19-35)22-12-10-21(11-13-22)24-6-5-7-25(43(31,39)40)26(24)27-32-34-36(33-27)18-20-8-14-23(41-4)15-9-20/h5-15,38H,16-19H2,1-4H3,(H2,31,39,40). The second-order valence-corrected chi connectivity index (χ2v) is 13.0. The lowest BCUT2D eigenvalue weighted by Gasteiger charge is -2.26. The van der Waals surface area contributed by atoms with E-state index in [9.17, 15) is 18.3 Å². The van der Waals surface area contributed by atoms with Crippen molar-refractivity contribution >= 4 is 16.1 Å². The predicted octanol–water partition coefficient (Wildman–Crippen LogP) is 3.54. The normalized spacial score (nSPS) is 17.2. The van der Waals surface area contributed by atoms with Gasteiger partial charge >= 0.3 is 6.09 Å².